The predicted octanol–water partition coefficient (Wildman–Crippen LogP) is -0.445. The lowest BCUT2D eigenvalue weighted by atomic mass is 10.0. The minimum absolute atomic E-state index is 0.0501. The lowest BCUT2D eigenvalue weighted by Gasteiger charge is -2.32. The standard InChI is InChI=1S/C14H21N3O4/c1-14(2,3)17-7-8(6-11(17)19)12(20)15-9-4-5-10(18)16-13(9)21/h8-9H,4-7H2,1-3H3,(H,15,20)(H,16,18,21). The fourth-order valence-corrected chi connectivity index (χ4v) is 2.65. The molecule has 0 bridgehead atoms. The van der Waals surface area contributed by atoms with E-state index in [9.17, 15) is 19.2 Å². The van der Waals surface area contributed by atoms with Crippen LogP contribution in [-0.2, 0) is 19.2 Å². The molecule has 0 aromatic rings. The molecule has 2 aliphatic rings. The molecule has 2 aliphatic heterocycles. The summed E-state index contributed by atoms with van der Waals surface area (Å²) in [5, 5.41) is 4.84. The van der Waals surface area contributed by atoms with Crippen LogP contribution >= 0.6 is 0 Å². The van der Waals surface area contributed by atoms with Gasteiger partial charge in [0.15, 0.2) is 0 Å². The Bertz CT molecular complexity index is 495. The van der Waals surface area contributed by atoms with Crippen LogP contribution in [0.15, 0.2) is 0 Å². The summed E-state index contributed by atoms with van der Waals surface area (Å²) in [7, 11) is 0. The van der Waals surface area contributed by atoms with Crippen molar-refractivity contribution in [3.63, 3.8) is 0 Å². The molecular weight excluding hydrogens is 274 g/mol. The van der Waals surface area contributed by atoms with E-state index in [4.69, 9.17) is 0 Å². The van der Waals surface area contributed by atoms with Crippen LogP contribution in [0.25, 0.3) is 0 Å². The van der Waals surface area contributed by atoms with Gasteiger partial charge in [-0.1, -0.05) is 0 Å². The molecule has 0 spiro atoms. The number of rotatable bonds is 2. The maximum Gasteiger partial charge on any atom is 0.249 e. The van der Waals surface area contributed by atoms with Crippen molar-refractivity contribution in [2.45, 2.75) is 51.6 Å². The molecule has 2 heterocycles. The first-order valence-electron chi connectivity index (χ1n) is 7.13. The highest BCUT2D eigenvalue weighted by molar-refractivity contribution is 6.02. The molecule has 2 saturated heterocycles. The molecule has 21 heavy (non-hydrogen) atoms. The van der Waals surface area contributed by atoms with E-state index in [2.05, 4.69) is 10.6 Å². The highest BCUT2D eigenvalue weighted by Gasteiger charge is 2.40. The third kappa shape index (κ3) is 3.40. The van der Waals surface area contributed by atoms with Gasteiger partial charge >= 0.3 is 0 Å². The van der Waals surface area contributed by atoms with Crippen LogP contribution in [0, 0.1) is 5.92 Å². The first kappa shape index (κ1) is 15.5. The van der Waals surface area contributed by atoms with Gasteiger partial charge in [-0.3, -0.25) is 24.5 Å². The Hall–Kier alpha value is -1.92. The number of hydrogen-bond acceptors (Lipinski definition) is 4. The molecule has 2 fully saturated rings. The van der Waals surface area contributed by atoms with Crippen LogP contribution in [0.2, 0.25) is 0 Å². The normalized spacial score (nSPS) is 26.8. The van der Waals surface area contributed by atoms with Crippen molar-refractivity contribution in [2.75, 3.05) is 6.54 Å². The van der Waals surface area contributed by atoms with E-state index in [-0.39, 0.29) is 36.1 Å². The number of carbonyl (C=O) groups is 4. The van der Waals surface area contributed by atoms with Crippen molar-refractivity contribution in [1.82, 2.24) is 15.5 Å². The average Bonchev–Trinajstić information content (AvgIpc) is 2.75. The maximum atomic E-state index is 12.2. The lowest BCUT2D eigenvalue weighted by molar-refractivity contribution is -0.138. The lowest BCUT2D eigenvalue weighted by Crippen LogP contribution is -2.53. The Morgan fingerprint density at radius 3 is 2.48 bits per heavy atom. The fraction of sp³-hybridized carbons (Fsp3) is 0.714. The van der Waals surface area contributed by atoms with Gasteiger partial charge in [0.05, 0.1) is 5.92 Å². The summed E-state index contributed by atoms with van der Waals surface area (Å²) in [5.74, 6) is -1.59. The summed E-state index contributed by atoms with van der Waals surface area (Å²) >= 11 is 0. The minimum Gasteiger partial charge on any atom is -0.344 e. The SMILES string of the molecule is CC(C)(C)N1CC(C(=O)NC2CCC(=O)NC2=O)CC1=O. The average molecular weight is 295 g/mol. The van der Waals surface area contributed by atoms with Crippen molar-refractivity contribution in [2.24, 2.45) is 5.92 Å². The van der Waals surface area contributed by atoms with Crippen LogP contribution < -0.4 is 10.6 Å². The third-order valence-corrected chi connectivity index (χ3v) is 3.86. The van der Waals surface area contributed by atoms with Crippen LogP contribution in [0.4, 0.5) is 0 Å². The van der Waals surface area contributed by atoms with Crippen molar-refractivity contribution in [3.05, 3.63) is 0 Å². The van der Waals surface area contributed by atoms with E-state index < -0.39 is 17.9 Å². The van der Waals surface area contributed by atoms with E-state index >= 15 is 0 Å². The third-order valence-electron chi connectivity index (χ3n) is 3.86. The molecule has 4 amide bonds. The monoisotopic (exact) mass is 295 g/mol. The molecule has 0 aromatic carbocycles. The summed E-state index contributed by atoms with van der Waals surface area (Å²) in [6, 6.07) is -0.686. The maximum absolute atomic E-state index is 12.2. The Morgan fingerprint density at radius 2 is 1.95 bits per heavy atom. The number of nitrogens with zero attached hydrogens (tertiary/aromatic N) is 1. The number of carbonyl (C=O) groups excluding carboxylic acids is 4. The largest absolute Gasteiger partial charge is 0.344 e. The molecule has 2 atom stereocenters. The number of nitrogens with one attached hydrogen (secondary N) is 2. The molecule has 0 aromatic heterocycles. The van der Waals surface area contributed by atoms with Crippen molar-refractivity contribution in [3.8, 4) is 0 Å². The zero-order valence-corrected chi connectivity index (χ0v) is 12.6. The van der Waals surface area contributed by atoms with Crippen LogP contribution in [-0.4, -0.2) is 46.7 Å². The van der Waals surface area contributed by atoms with Gasteiger partial charge in [0.25, 0.3) is 0 Å². The molecule has 2 N–H and O–H groups in total. The van der Waals surface area contributed by atoms with E-state index in [1.54, 1.807) is 4.90 Å². The second-order valence-corrected chi connectivity index (χ2v) is 6.59. The molecule has 0 radical (unpaired) electrons. The highest BCUT2D eigenvalue weighted by atomic mass is 16.2. The molecule has 7 nitrogen and oxygen atoms in total. The second-order valence-electron chi connectivity index (χ2n) is 6.59. The van der Waals surface area contributed by atoms with E-state index in [0.717, 1.165) is 0 Å². The molecule has 2 unspecified atom stereocenters. The number of imide groups is 1. The summed E-state index contributed by atoms with van der Waals surface area (Å²) < 4.78 is 0. The van der Waals surface area contributed by atoms with Crippen LogP contribution in [0.1, 0.15) is 40.0 Å². The van der Waals surface area contributed by atoms with Gasteiger partial charge in [0.2, 0.25) is 23.6 Å². The Labute approximate surface area is 123 Å². The van der Waals surface area contributed by atoms with Crippen molar-refractivity contribution >= 4 is 23.6 Å². The van der Waals surface area contributed by atoms with Crippen molar-refractivity contribution in [1.29, 1.82) is 0 Å². The second kappa shape index (κ2) is 5.46. The zero-order valence-electron chi connectivity index (χ0n) is 12.6. The summed E-state index contributed by atoms with van der Waals surface area (Å²) in [5.41, 5.74) is -0.319. The molecule has 0 saturated carbocycles. The molecule has 2 rings (SSSR count). The Balaban J connectivity index is 1.94. The van der Waals surface area contributed by atoms with Gasteiger partial charge < -0.3 is 10.2 Å². The number of likely N-dealkylation sites (tertiary alicyclic amines) is 1. The number of amides is 4. The number of piperidine rings is 1. The molecule has 7 heteroatoms. The first-order valence-corrected chi connectivity index (χ1v) is 7.13. The number of hydrogen-bond donors (Lipinski definition) is 2. The van der Waals surface area contributed by atoms with Gasteiger partial charge in [-0.15, -0.1) is 0 Å². The Morgan fingerprint density at radius 1 is 1.29 bits per heavy atom. The van der Waals surface area contributed by atoms with E-state index in [1.165, 1.54) is 0 Å². The van der Waals surface area contributed by atoms with Gasteiger partial charge in [0, 0.05) is 24.9 Å². The Kier molecular flexibility index (Phi) is 4.02. The molecule has 116 valence electrons. The highest BCUT2D eigenvalue weighted by Crippen LogP contribution is 2.26. The van der Waals surface area contributed by atoms with Crippen molar-refractivity contribution < 1.29 is 19.2 Å². The molecular formula is C14H21N3O4. The van der Waals surface area contributed by atoms with Crippen LogP contribution in [0.3, 0.4) is 0 Å². The van der Waals surface area contributed by atoms with Gasteiger partial charge in [-0.25, -0.2) is 0 Å². The zero-order chi connectivity index (χ0) is 15.8. The first-order chi connectivity index (χ1) is 9.68. The van der Waals surface area contributed by atoms with Gasteiger partial charge in [-0.2, -0.15) is 0 Å². The van der Waals surface area contributed by atoms with Gasteiger partial charge in [-0.05, 0) is 27.2 Å². The smallest absolute Gasteiger partial charge is 0.249 e. The summed E-state index contributed by atoms with van der Waals surface area (Å²) in [4.78, 5) is 48.5. The van der Waals surface area contributed by atoms with Crippen LogP contribution in [0.5, 0.6) is 0 Å². The quantitative estimate of drug-likeness (QED) is 0.675. The predicted molar refractivity (Wildman–Crippen MR) is 73.9 cm³/mol. The molecule has 0 aliphatic carbocycles. The topological polar surface area (TPSA) is 95.6 Å². The van der Waals surface area contributed by atoms with E-state index in [0.29, 0.717) is 13.0 Å². The van der Waals surface area contributed by atoms with Gasteiger partial charge in [0.1, 0.15) is 6.04 Å². The fourth-order valence-electron chi connectivity index (χ4n) is 2.65. The van der Waals surface area contributed by atoms with E-state index in [1.807, 2.05) is 20.8 Å². The summed E-state index contributed by atoms with van der Waals surface area (Å²) in [6.07, 6.45) is 0.685. The summed E-state index contributed by atoms with van der Waals surface area (Å²) in [6.45, 7) is 6.13. The minimum atomic E-state index is -0.686.